The fourth-order valence-corrected chi connectivity index (χ4v) is 7.42. The summed E-state index contributed by atoms with van der Waals surface area (Å²) in [6.07, 6.45) is 13.8. The van der Waals surface area contributed by atoms with Crippen molar-refractivity contribution in [3.8, 4) is 5.75 Å². The average molecular weight is 516 g/mol. The number of fused-ring (bicyclic) bond motifs is 1. The van der Waals surface area contributed by atoms with Gasteiger partial charge in [0.15, 0.2) is 0 Å². The summed E-state index contributed by atoms with van der Waals surface area (Å²) in [5.74, 6) is 1.41. The van der Waals surface area contributed by atoms with Crippen molar-refractivity contribution < 1.29 is 18.3 Å². The summed E-state index contributed by atoms with van der Waals surface area (Å²) in [5.41, 5.74) is 4.22. The van der Waals surface area contributed by atoms with E-state index in [1.807, 2.05) is 12.1 Å². The van der Waals surface area contributed by atoms with Gasteiger partial charge in [-0.1, -0.05) is 30.6 Å². The van der Waals surface area contributed by atoms with Gasteiger partial charge in [-0.2, -0.15) is 0 Å². The topological polar surface area (TPSA) is 90.9 Å². The minimum absolute atomic E-state index is 0.106. The molecule has 2 heterocycles. The third-order valence-electron chi connectivity index (χ3n) is 8.55. The first-order chi connectivity index (χ1) is 17.5. The van der Waals surface area contributed by atoms with E-state index in [1.54, 1.807) is 0 Å². The largest absolute Gasteiger partial charge is 0.512 e. The van der Waals surface area contributed by atoms with Crippen molar-refractivity contribution >= 4 is 10.0 Å². The smallest absolute Gasteiger partial charge is 0.212 e. The molecule has 1 saturated heterocycles. The van der Waals surface area contributed by atoms with E-state index in [2.05, 4.69) is 33.1 Å². The Labute approximate surface area is 216 Å². The molecule has 4 aliphatic rings. The van der Waals surface area contributed by atoms with Crippen LogP contribution in [0, 0.1) is 5.41 Å². The predicted octanol–water partition coefficient (Wildman–Crippen LogP) is 3.99. The average Bonchev–Trinajstić information content (AvgIpc) is 2.87. The number of ether oxygens (including phenoxy) is 1. The molecule has 1 aromatic rings. The van der Waals surface area contributed by atoms with Crippen molar-refractivity contribution in [2.45, 2.75) is 63.8 Å². The molecule has 2 fully saturated rings. The molecule has 5 rings (SSSR count). The van der Waals surface area contributed by atoms with Crippen LogP contribution >= 0.6 is 0 Å². The van der Waals surface area contributed by atoms with E-state index in [0.29, 0.717) is 18.9 Å². The summed E-state index contributed by atoms with van der Waals surface area (Å²) in [7, 11) is -3.30. The maximum Gasteiger partial charge on any atom is 0.212 e. The summed E-state index contributed by atoms with van der Waals surface area (Å²) in [5, 5.41) is 13.7. The van der Waals surface area contributed by atoms with Gasteiger partial charge in [0.25, 0.3) is 0 Å². The highest BCUT2D eigenvalue weighted by molar-refractivity contribution is 7.89. The highest BCUT2D eigenvalue weighted by atomic mass is 32.2. The number of hydrogen-bond donors (Lipinski definition) is 3. The molecule has 3 N–H and O–H groups in total. The van der Waals surface area contributed by atoms with Gasteiger partial charge in [-0.05, 0) is 87.5 Å². The van der Waals surface area contributed by atoms with Crippen LogP contribution in [0.3, 0.4) is 0 Å². The molecule has 198 valence electrons. The molecule has 36 heavy (non-hydrogen) atoms. The molecular formula is C28H41N3O4S. The van der Waals surface area contributed by atoms with E-state index >= 15 is 0 Å². The first-order valence-corrected chi connectivity index (χ1v) is 15.4. The normalized spacial score (nSPS) is 24.3. The van der Waals surface area contributed by atoms with Gasteiger partial charge in [0.1, 0.15) is 12.4 Å². The second kappa shape index (κ2) is 11.3. The van der Waals surface area contributed by atoms with Gasteiger partial charge in [-0.25, -0.2) is 13.1 Å². The maximum absolute atomic E-state index is 12.4. The Morgan fingerprint density at radius 3 is 2.64 bits per heavy atom. The van der Waals surface area contributed by atoms with Gasteiger partial charge in [-0.3, -0.25) is 0 Å². The summed E-state index contributed by atoms with van der Waals surface area (Å²) in [6.45, 7) is 4.15. The van der Waals surface area contributed by atoms with Crippen LogP contribution in [0.15, 0.2) is 41.7 Å². The maximum atomic E-state index is 12.4. The molecule has 2 aliphatic heterocycles. The van der Waals surface area contributed by atoms with Gasteiger partial charge in [0.05, 0.1) is 11.5 Å². The van der Waals surface area contributed by atoms with Crippen molar-refractivity contribution in [1.29, 1.82) is 0 Å². The minimum Gasteiger partial charge on any atom is -0.512 e. The van der Waals surface area contributed by atoms with E-state index in [-0.39, 0.29) is 23.8 Å². The van der Waals surface area contributed by atoms with Gasteiger partial charge in [0.2, 0.25) is 10.0 Å². The number of nitrogens with one attached hydrogen (secondary N) is 2. The van der Waals surface area contributed by atoms with Crippen molar-refractivity contribution in [1.82, 2.24) is 14.9 Å². The highest BCUT2D eigenvalue weighted by Gasteiger charge is 2.48. The van der Waals surface area contributed by atoms with Crippen LogP contribution in [0.4, 0.5) is 0 Å². The molecule has 2 aliphatic carbocycles. The number of aliphatic hydroxyl groups is 1. The molecule has 0 spiro atoms. The number of rotatable bonds is 10. The van der Waals surface area contributed by atoms with Crippen LogP contribution < -0.4 is 14.8 Å². The standard InChI is InChI=1S/C28H41N3O4S/c32-24-8-6-23(7-9-24)28(12-4-13-28)27-26-21-25(10-5-22(26)11-14-29-27)35-19-15-30-36(33,34)20-18-31-16-2-1-3-17-31/h5-6,8,10,21,27,29-30,32H,1-4,7,9,11-20H2. The molecule has 0 aromatic heterocycles. The lowest BCUT2D eigenvalue weighted by atomic mass is 9.56. The lowest BCUT2D eigenvalue weighted by Crippen LogP contribution is -2.47. The fraction of sp³-hybridized carbons (Fsp3) is 0.643. The Kier molecular flexibility index (Phi) is 8.05. The second-order valence-electron chi connectivity index (χ2n) is 10.8. The SMILES string of the molecule is O=S(=O)(CCN1CCCCC1)NCCOc1ccc2c(c1)C(C1(C3=CC=C(O)CC3)CCC1)NCC2. The van der Waals surface area contributed by atoms with Crippen molar-refractivity contribution in [2.75, 3.05) is 45.1 Å². The Morgan fingerprint density at radius 2 is 1.92 bits per heavy atom. The van der Waals surface area contributed by atoms with E-state index in [4.69, 9.17) is 4.74 Å². The van der Waals surface area contributed by atoms with Crippen LogP contribution in [0.1, 0.15) is 68.5 Å². The number of allylic oxidation sites excluding steroid dienone is 3. The van der Waals surface area contributed by atoms with E-state index in [1.165, 1.54) is 29.5 Å². The third-order valence-corrected chi connectivity index (χ3v) is 9.92. The van der Waals surface area contributed by atoms with Crippen LogP contribution in [-0.2, 0) is 16.4 Å². The lowest BCUT2D eigenvalue weighted by Gasteiger charge is -2.52. The fourth-order valence-electron chi connectivity index (χ4n) is 6.38. The van der Waals surface area contributed by atoms with E-state index < -0.39 is 10.0 Å². The van der Waals surface area contributed by atoms with Gasteiger partial charge >= 0.3 is 0 Å². The summed E-state index contributed by atoms with van der Waals surface area (Å²) in [6, 6.07) is 6.59. The molecule has 0 radical (unpaired) electrons. The summed E-state index contributed by atoms with van der Waals surface area (Å²) >= 11 is 0. The number of nitrogens with zero attached hydrogens (tertiary/aromatic N) is 1. The Balaban J connectivity index is 1.19. The van der Waals surface area contributed by atoms with Crippen LogP contribution in [0.25, 0.3) is 0 Å². The van der Waals surface area contributed by atoms with Gasteiger partial charge in [0, 0.05) is 31.0 Å². The number of sulfonamides is 1. The zero-order valence-corrected chi connectivity index (χ0v) is 22.1. The monoisotopic (exact) mass is 515 g/mol. The summed E-state index contributed by atoms with van der Waals surface area (Å²) in [4.78, 5) is 2.24. The highest BCUT2D eigenvalue weighted by Crippen LogP contribution is 2.58. The molecular weight excluding hydrogens is 474 g/mol. The quantitative estimate of drug-likeness (QED) is 0.408. The molecule has 7 nitrogen and oxygen atoms in total. The lowest BCUT2D eigenvalue weighted by molar-refractivity contribution is 0.108. The van der Waals surface area contributed by atoms with E-state index in [9.17, 15) is 13.5 Å². The first-order valence-electron chi connectivity index (χ1n) is 13.7. The third kappa shape index (κ3) is 5.82. The Hall–Kier alpha value is -1.87. The number of aliphatic hydroxyl groups excluding tert-OH is 1. The molecule has 0 bridgehead atoms. The van der Waals surface area contributed by atoms with E-state index in [0.717, 1.165) is 70.3 Å². The molecule has 8 heteroatoms. The minimum atomic E-state index is -3.30. The first kappa shape index (κ1) is 25.8. The van der Waals surface area contributed by atoms with Crippen molar-refractivity contribution in [2.24, 2.45) is 5.41 Å². The molecule has 1 saturated carbocycles. The van der Waals surface area contributed by atoms with Gasteiger partial charge in [-0.15, -0.1) is 0 Å². The second-order valence-corrected chi connectivity index (χ2v) is 12.7. The molecule has 0 amide bonds. The molecule has 1 atom stereocenters. The number of hydrogen-bond acceptors (Lipinski definition) is 6. The van der Waals surface area contributed by atoms with Crippen molar-refractivity contribution in [3.05, 3.63) is 52.8 Å². The van der Waals surface area contributed by atoms with Crippen LogP contribution in [0.2, 0.25) is 0 Å². The van der Waals surface area contributed by atoms with Crippen LogP contribution in [-0.4, -0.2) is 63.5 Å². The van der Waals surface area contributed by atoms with Gasteiger partial charge < -0.3 is 20.1 Å². The Bertz CT molecular complexity index is 1090. The molecule has 1 aromatic carbocycles. The number of likely N-dealkylation sites (tertiary alicyclic amines) is 1. The molecule has 1 unspecified atom stereocenters. The number of piperidine rings is 1. The number of benzene rings is 1. The Morgan fingerprint density at radius 1 is 1.08 bits per heavy atom. The van der Waals surface area contributed by atoms with Crippen LogP contribution in [0.5, 0.6) is 5.75 Å². The predicted molar refractivity (Wildman–Crippen MR) is 143 cm³/mol. The zero-order valence-electron chi connectivity index (χ0n) is 21.3. The van der Waals surface area contributed by atoms with Crippen molar-refractivity contribution in [3.63, 3.8) is 0 Å². The zero-order chi connectivity index (χ0) is 25.0. The summed E-state index contributed by atoms with van der Waals surface area (Å²) < 4.78 is 33.5.